The maximum absolute atomic E-state index is 12.6. The fourth-order valence-corrected chi connectivity index (χ4v) is 3.97. The van der Waals surface area contributed by atoms with E-state index in [1.165, 1.54) is 6.07 Å². The molecule has 33 heavy (non-hydrogen) atoms. The average molecular weight is 470 g/mol. The zero-order valence-corrected chi connectivity index (χ0v) is 20.5. The third-order valence-electron chi connectivity index (χ3n) is 5.63. The lowest BCUT2D eigenvalue weighted by molar-refractivity contribution is 0.142. The van der Waals surface area contributed by atoms with E-state index in [4.69, 9.17) is 21.1 Å². The van der Waals surface area contributed by atoms with Gasteiger partial charge in [-0.2, -0.15) is 0 Å². The normalized spacial score (nSPS) is 13.0. The quantitative estimate of drug-likeness (QED) is 0.378. The van der Waals surface area contributed by atoms with Crippen molar-refractivity contribution in [3.8, 4) is 17.2 Å². The highest BCUT2D eigenvalue weighted by Gasteiger charge is 2.15. The van der Waals surface area contributed by atoms with Crippen LogP contribution in [0.15, 0.2) is 65.7 Å². The SMILES string of the molecule is CCN(CC)[C@@H](C)CC(C)Oc1ccc(-n2ccc(OCc3ccc(Cl)cn3)cc2=O)cc1. The van der Waals surface area contributed by atoms with Crippen LogP contribution in [0.5, 0.6) is 11.5 Å². The summed E-state index contributed by atoms with van der Waals surface area (Å²) < 4.78 is 13.4. The molecule has 2 aromatic heterocycles. The van der Waals surface area contributed by atoms with E-state index in [1.54, 1.807) is 35.2 Å². The molecular formula is C26H32ClN3O3. The third kappa shape index (κ3) is 7.07. The molecule has 3 aromatic rings. The van der Waals surface area contributed by atoms with Gasteiger partial charge in [0.05, 0.1) is 16.8 Å². The Kier molecular flexibility index (Phi) is 8.92. The molecule has 0 fully saturated rings. The Morgan fingerprint density at radius 3 is 2.36 bits per heavy atom. The van der Waals surface area contributed by atoms with Crippen LogP contribution in [-0.2, 0) is 6.61 Å². The standard InChI is InChI=1S/C26H32ClN3O3/c1-5-29(6-2)19(3)15-20(4)33-24-11-9-23(10-12-24)30-14-13-25(16-26(30)31)32-18-22-8-7-21(27)17-28-22/h7-14,16-17,19-20H,5-6,15,18H2,1-4H3/t19-,20?/m0/s1. The van der Waals surface area contributed by atoms with Crippen LogP contribution in [0.1, 0.15) is 39.8 Å². The van der Waals surface area contributed by atoms with Crippen LogP contribution < -0.4 is 15.0 Å². The minimum Gasteiger partial charge on any atom is -0.491 e. The van der Waals surface area contributed by atoms with Crippen molar-refractivity contribution in [2.75, 3.05) is 13.1 Å². The molecule has 0 amide bonds. The molecule has 0 radical (unpaired) electrons. The molecular weight excluding hydrogens is 438 g/mol. The van der Waals surface area contributed by atoms with Crippen molar-refractivity contribution in [2.45, 2.75) is 52.9 Å². The Labute approximate surface area is 200 Å². The van der Waals surface area contributed by atoms with Crippen LogP contribution in [-0.4, -0.2) is 39.7 Å². The van der Waals surface area contributed by atoms with Crippen LogP contribution in [0.25, 0.3) is 5.69 Å². The summed E-state index contributed by atoms with van der Waals surface area (Å²) in [5.41, 5.74) is 1.33. The van der Waals surface area contributed by atoms with Gasteiger partial charge in [-0.25, -0.2) is 0 Å². The summed E-state index contributed by atoms with van der Waals surface area (Å²) in [6.07, 6.45) is 4.33. The van der Waals surface area contributed by atoms with Crippen LogP contribution in [0.3, 0.4) is 0 Å². The third-order valence-corrected chi connectivity index (χ3v) is 5.85. The number of nitrogens with zero attached hydrogens (tertiary/aromatic N) is 3. The van der Waals surface area contributed by atoms with Crippen molar-refractivity contribution in [1.82, 2.24) is 14.5 Å². The van der Waals surface area contributed by atoms with Crippen molar-refractivity contribution < 1.29 is 9.47 Å². The molecule has 2 atom stereocenters. The molecule has 0 bridgehead atoms. The largest absolute Gasteiger partial charge is 0.491 e. The Bertz CT molecular complexity index is 1060. The van der Waals surface area contributed by atoms with Crippen LogP contribution in [0.4, 0.5) is 0 Å². The van der Waals surface area contributed by atoms with E-state index in [0.717, 1.165) is 36.6 Å². The Morgan fingerprint density at radius 1 is 1.03 bits per heavy atom. The van der Waals surface area contributed by atoms with E-state index in [9.17, 15) is 4.79 Å². The Balaban J connectivity index is 1.59. The highest BCUT2D eigenvalue weighted by Crippen LogP contribution is 2.19. The summed E-state index contributed by atoms with van der Waals surface area (Å²) in [7, 11) is 0. The zero-order chi connectivity index (χ0) is 23.8. The minimum absolute atomic E-state index is 0.0979. The lowest BCUT2D eigenvalue weighted by Gasteiger charge is -2.28. The van der Waals surface area contributed by atoms with Crippen molar-refractivity contribution in [3.63, 3.8) is 0 Å². The second-order valence-electron chi connectivity index (χ2n) is 8.06. The molecule has 7 heteroatoms. The van der Waals surface area contributed by atoms with Gasteiger partial charge < -0.3 is 14.4 Å². The van der Waals surface area contributed by atoms with Gasteiger partial charge in [0, 0.05) is 30.2 Å². The molecule has 176 valence electrons. The molecule has 0 spiro atoms. The number of halogens is 1. The number of aromatic nitrogens is 2. The van der Waals surface area contributed by atoms with Crippen LogP contribution in [0, 0.1) is 0 Å². The monoisotopic (exact) mass is 469 g/mol. The molecule has 6 nitrogen and oxygen atoms in total. The molecule has 1 aromatic carbocycles. The van der Waals surface area contributed by atoms with Crippen molar-refractivity contribution >= 4 is 11.6 Å². The molecule has 2 heterocycles. The van der Waals surface area contributed by atoms with Gasteiger partial charge in [0.15, 0.2) is 0 Å². The second kappa shape index (κ2) is 11.9. The van der Waals surface area contributed by atoms with Gasteiger partial charge >= 0.3 is 0 Å². The summed E-state index contributed by atoms with van der Waals surface area (Å²) in [6.45, 7) is 11.0. The summed E-state index contributed by atoms with van der Waals surface area (Å²) in [6, 6.07) is 14.8. The van der Waals surface area contributed by atoms with Gasteiger partial charge in [-0.1, -0.05) is 25.4 Å². The van der Waals surface area contributed by atoms with Crippen molar-refractivity contribution in [2.24, 2.45) is 0 Å². The number of hydrogen-bond acceptors (Lipinski definition) is 5. The summed E-state index contributed by atoms with van der Waals surface area (Å²) >= 11 is 5.84. The predicted octanol–water partition coefficient (Wildman–Crippen LogP) is 5.35. The first-order valence-electron chi connectivity index (χ1n) is 11.4. The van der Waals surface area contributed by atoms with Gasteiger partial charge in [0.2, 0.25) is 0 Å². The van der Waals surface area contributed by atoms with E-state index in [1.807, 2.05) is 24.3 Å². The maximum Gasteiger partial charge on any atom is 0.258 e. The molecule has 0 saturated carbocycles. The van der Waals surface area contributed by atoms with E-state index in [-0.39, 0.29) is 18.3 Å². The number of hydrogen-bond donors (Lipinski definition) is 0. The first kappa shape index (κ1) is 24.8. The highest BCUT2D eigenvalue weighted by molar-refractivity contribution is 6.30. The number of rotatable bonds is 11. The highest BCUT2D eigenvalue weighted by atomic mass is 35.5. The maximum atomic E-state index is 12.6. The fraction of sp³-hybridized carbons (Fsp3) is 0.385. The first-order valence-corrected chi connectivity index (χ1v) is 11.7. The molecule has 1 unspecified atom stereocenters. The van der Waals surface area contributed by atoms with Gasteiger partial charge in [0.25, 0.3) is 5.56 Å². The van der Waals surface area contributed by atoms with Crippen molar-refractivity contribution in [1.29, 1.82) is 0 Å². The van der Waals surface area contributed by atoms with Crippen LogP contribution >= 0.6 is 11.6 Å². The minimum atomic E-state index is -0.174. The zero-order valence-electron chi connectivity index (χ0n) is 19.7. The lowest BCUT2D eigenvalue weighted by atomic mass is 10.1. The second-order valence-corrected chi connectivity index (χ2v) is 8.49. The van der Waals surface area contributed by atoms with E-state index >= 15 is 0 Å². The fourth-order valence-electron chi connectivity index (χ4n) is 3.86. The predicted molar refractivity (Wildman–Crippen MR) is 133 cm³/mol. The smallest absolute Gasteiger partial charge is 0.258 e. The Hall–Kier alpha value is -2.83. The average Bonchev–Trinajstić information content (AvgIpc) is 2.80. The first-order chi connectivity index (χ1) is 15.9. The summed E-state index contributed by atoms with van der Waals surface area (Å²) in [5, 5.41) is 0.571. The topological polar surface area (TPSA) is 56.6 Å². The van der Waals surface area contributed by atoms with Gasteiger partial charge in [-0.3, -0.25) is 14.3 Å². The van der Waals surface area contributed by atoms with E-state index in [0.29, 0.717) is 16.8 Å². The Morgan fingerprint density at radius 2 is 1.76 bits per heavy atom. The van der Waals surface area contributed by atoms with Gasteiger partial charge in [-0.15, -0.1) is 0 Å². The van der Waals surface area contributed by atoms with Crippen LogP contribution in [0.2, 0.25) is 5.02 Å². The molecule has 0 N–H and O–H groups in total. The number of pyridine rings is 2. The van der Waals surface area contributed by atoms with Gasteiger partial charge in [0.1, 0.15) is 18.1 Å². The summed E-state index contributed by atoms with van der Waals surface area (Å²) in [5.74, 6) is 1.28. The molecule has 0 aliphatic heterocycles. The molecule has 0 aliphatic carbocycles. The van der Waals surface area contributed by atoms with E-state index in [2.05, 4.69) is 37.6 Å². The van der Waals surface area contributed by atoms with E-state index < -0.39 is 0 Å². The molecule has 0 saturated heterocycles. The number of ether oxygens (including phenoxy) is 2. The lowest BCUT2D eigenvalue weighted by Crippen LogP contribution is -2.35. The summed E-state index contributed by atoms with van der Waals surface area (Å²) in [4.78, 5) is 19.2. The number of benzene rings is 1. The molecule has 3 rings (SSSR count). The molecule has 0 aliphatic rings. The van der Waals surface area contributed by atoms with Gasteiger partial charge in [-0.05, 0) is 75.8 Å². The van der Waals surface area contributed by atoms with Crippen molar-refractivity contribution in [3.05, 3.63) is 82.0 Å².